The van der Waals surface area contributed by atoms with Crippen LogP contribution in [0.1, 0.15) is 26.3 Å². The number of pyridine rings is 1. The van der Waals surface area contributed by atoms with E-state index < -0.39 is 0 Å². The van der Waals surface area contributed by atoms with Gasteiger partial charge in [0.05, 0.1) is 11.9 Å². The Balaban J connectivity index is 2.16. The van der Waals surface area contributed by atoms with Crippen LogP contribution in [-0.2, 0) is 5.41 Å². The monoisotopic (exact) mass is 233 g/mol. The quantitative estimate of drug-likeness (QED) is 0.741. The van der Waals surface area contributed by atoms with Gasteiger partial charge in [-0.1, -0.05) is 20.8 Å². The molecule has 0 bridgehead atoms. The Morgan fingerprint density at radius 1 is 1.06 bits per heavy atom. The highest BCUT2D eigenvalue weighted by atomic mass is 15.2. The molecule has 3 heteroatoms. The van der Waals surface area contributed by atoms with Crippen molar-refractivity contribution in [2.45, 2.75) is 26.2 Å². The van der Waals surface area contributed by atoms with E-state index in [1.807, 2.05) is 12.4 Å². The van der Waals surface area contributed by atoms with Crippen LogP contribution in [0.2, 0.25) is 0 Å². The number of rotatable bonds is 1. The lowest BCUT2D eigenvalue weighted by atomic mass is 9.88. The van der Waals surface area contributed by atoms with Crippen molar-refractivity contribution in [3.8, 4) is 0 Å². The maximum atomic E-state index is 4.39. The van der Waals surface area contributed by atoms with E-state index in [4.69, 9.17) is 0 Å². The van der Waals surface area contributed by atoms with Crippen LogP contribution in [0.15, 0.2) is 18.5 Å². The normalized spacial score (nSPS) is 18.5. The summed E-state index contributed by atoms with van der Waals surface area (Å²) in [7, 11) is 2.18. The van der Waals surface area contributed by atoms with Gasteiger partial charge in [-0.3, -0.25) is 4.98 Å². The van der Waals surface area contributed by atoms with Crippen LogP contribution in [0, 0.1) is 0 Å². The van der Waals surface area contributed by atoms with Gasteiger partial charge in [0, 0.05) is 32.4 Å². The molecule has 0 saturated carbocycles. The molecule has 0 spiro atoms. The molecular weight excluding hydrogens is 210 g/mol. The molecule has 0 unspecified atom stereocenters. The lowest BCUT2D eigenvalue weighted by Crippen LogP contribution is -2.44. The maximum Gasteiger partial charge on any atom is 0.0556 e. The minimum absolute atomic E-state index is 0.176. The summed E-state index contributed by atoms with van der Waals surface area (Å²) < 4.78 is 0. The van der Waals surface area contributed by atoms with Crippen molar-refractivity contribution in [2.24, 2.45) is 0 Å². The van der Waals surface area contributed by atoms with Crippen molar-refractivity contribution >= 4 is 5.69 Å². The smallest absolute Gasteiger partial charge is 0.0556 e. The summed E-state index contributed by atoms with van der Waals surface area (Å²) in [6.07, 6.45) is 3.97. The van der Waals surface area contributed by atoms with E-state index in [1.54, 1.807) is 0 Å². The van der Waals surface area contributed by atoms with E-state index >= 15 is 0 Å². The number of hydrogen-bond donors (Lipinski definition) is 0. The second kappa shape index (κ2) is 4.65. The number of nitrogens with zero attached hydrogens (tertiary/aromatic N) is 3. The topological polar surface area (TPSA) is 19.4 Å². The fraction of sp³-hybridized carbons (Fsp3) is 0.643. The van der Waals surface area contributed by atoms with E-state index in [1.165, 1.54) is 11.3 Å². The highest BCUT2D eigenvalue weighted by Gasteiger charge is 2.18. The Kier molecular flexibility index (Phi) is 3.38. The van der Waals surface area contributed by atoms with Gasteiger partial charge in [0.2, 0.25) is 0 Å². The van der Waals surface area contributed by atoms with Gasteiger partial charge in [0.15, 0.2) is 0 Å². The van der Waals surface area contributed by atoms with E-state index in [-0.39, 0.29) is 5.41 Å². The molecule has 2 rings (SSSR count). The average molecular weight is 233 g/mol. The van der Waals surface area contributed by atoms with Gasteiger partial charge in [-0.25, -0.2) is 0 Å². The van der Waals surface area contributed by atoms with E-state index in [0.717, 1.165) is 26.2 Å². The molecule has 1 aromatic heterocycles. The molecule has 94 valence electrons. The molecule has 17 heavy (non-hydrogen) atoms. The second-order valence-electron chi connectivity index (χ2n) is 5.97. The first-order valence-corrected chi connectivity index (χ1v) is 6.36. The predicted molar refractivity (Wildman–Crippen MR) is 72.6 cm³/mol. The highest BCUT2D eigenvalue weighted by Crippen LogP contribution is 2.25. The first-order valence-electron chi connectivity index (χ1n) is 6.36. The van der Waals surface area contributed by atoms with Crippen molar-refractivity contribution in [2.75, 3.05) is 38.1 Å². The zero-order valence-corrected chi connectivity index (χ0v) is 11.4. The molecule has 1 fully saturated rings. The standard InChI is InChI=1S/C14H23N3/c1-14(2,3)12-9-13(11-15-10-12)17-7-5-16(4)6-8-17/h9-11H,5-8H2,1-4H3. The average Bonchev–Trinajstić information content (AvgIpc) is 2.29. The van der Waals surface area contributed by atoms with Crippen LogP contribution in [0.5, 0.6) is 0 Å². The maximum absolute atomic E-state index is 4.39. The number of likely N-dealkylation sites (N-methyl/N-ethyl adjacent to an activating group) is 1. The van der Waals surface area contributed by atoms with Crippen molar-refractivity contribution < 1.29 is 0 Å². The van der Waals surface area contributed by atoms with Gasteiger partial charge >= 0.3 is 0 Å². The summed E-state index contributed by atoms with van der Waals surface area (Å²) in [6, 6.07) is 2.29. The van der Waals surface area contributed by atoms with E-state index in [0.29, 0.717) is 0 Å². The summed E-state index contributed by atoms with van der Waals surface area (Å²) in [4.78, 5) is 9.20. The molecule has 0 atom stereocenters. The molecule has 0 aliphatic carbocycles. The third kappa shape index (κ3) is 2.97. The van der Waals surface area contributed by atoms with Gasteiger partial charge in [-0.05, 0) is 24.1 Å². The zero-order valence-electron chi connectivity index (χ0n) is 11.4. The Morgan fingerprint density at radius 2 is 1.71 bits per heavy atom. The van der Waals surface area contributed by atoms with Gasteiger partial charge in [0.1, 0.15) is 0 Å². The molecule has 0 aromatic carbocycles. The lowest BCUT2D eigenvalue weighted by molar-refractivity contribution is 0.312. The molecule has 1 aliphatic heterocycles. The first-order chi connectivity index (χ1) is 7.97. The van der Waals surface area contributed by atoms with E-state index in [9.17, 15) is 0 Å². The number of aromatic nitrogens is 1. The minimum Gasteiger partial charge on any atom is -0.368 e. The first kappa shape index (κ1) is 12.4. The summed E-state index contributed by atoms with van der Waals surface area (Å²) in [6.45, 7) is 11.2. The number of hydrogen-bond acceptors (Lipinski definition) is 3. The molecule has 3 nitrogen and oxygen atoms in total. The summed E-state index contributed by atoms with van der Waals surface area (Å²) in [5.74, 6) is 0. The van der Waals surface area contributed by atoms with Gasteiger partial charge in [-0.2, -0.15) is 0 Å². The fourth-order valence-corrected chi connectivity index (χ4v) is 2.08. The Bertz CT molecular complexity index is 373. The van der Waals surface area contributed by atoms with Crippen LogP contribution in [-0.4, -0.2) is 43.1 Å². The van der Waals surface area contributed by atoms with Crippen LogP contribution < -0.4 is 4.90 Å². The van der Waals surface area contributed by atoms with Gasteiger partial charge in [-0.15, -0.1) is 0 Å². The highest BCUT2D eigenvalue weighted by molar-refractivity contribution is 5.47. The summed E-state index contributed by atoms with van der Waals surface area (Å²) in [5, 5.41) is 0. The molecular formula is C14H23N3. The number of piperazine rings is 1. The van der Waals surface area contributed by atoms with Crippen molar-refractivity contribution in [3.05, 3.63) is 24.0 Å². The minimum atomic E-state index is 0.176. The summed E-state index contributed by atoms with van der Waals surface area (Å²) >= 11 is 0. The lowest BCUT2D eigenvalue weighted by Gasteiger charge is -2.34. The fourth-order valence-electron chi connectivity index (χ4n) is 2.08. The second-order valence-corrected chi connectivity index (χ2v) is 5.97. The molecule has 1 aliphatic rings. The van der Waals surface area contributed by atoms with Gasteiger partial charge in [0.25, 0.3) is 0 Å². The van der Waals surface area contributed by atoms with E-state index in [2.05, 4.69) is 48.7 Å². The Labute approximate surface area is 104 Å². The Morgan fingerprint density at radius 3 is 2.29 bits per heavy atom. The van der Waals surface area contributed by atoms with Crippen molar-refractivity contribution in [1.82, 2.24) is 9.88 Å². The third-order valence-electron chi connectivity index (χ3n) is 3.46. The van der Waals surface area contributed by atoms with Crippen LogP contribution in [0.3, 0.4) is 0 Å². The molecule has 0 N–H and O–H groups in total. The molecule has 1 aromatic rings. The Hall–Kier alpha value is -1.09. The molecule has 0 radical (unpaired) electrons. The predicted octanol–water partition coefficient (Wildman–Crippen LogP) is 2.13. The molecule has 1 saturated heterocycles. The molecule has 2 heterocycles. The van der Waals surface area contributed by atoms with Crippen molar-refractivity contribution in [1.29, 1.82) is 0 Å². The van der Waals surface area contributed by atoms with Crippen LogP contribution in [0.25, 0.3) is 0 Å². The van der Waals surface area contributed by atoms with Crippen molar-refractivity contribution in [3.63, 3.8) is 0 Å². The largest absolute Gasteiger partial charge is 0.368 e. The zero-order chi connectivity index (χ0) is 12.5. The number of anilines is 1. The SMILES string of the molecule is CN1CCN(c2cncc(C(C)(C)C)c2)CC1. The van der Waals surface area contributed by atoms with Gasteiger partial charge < -0.3 is 9.80 Å². The molecule has 0 amide bonds. The third-order valence-corrected chi connectivity index (χ3v) is 3.46. The van der Waals surface area contributed by atoms with Crippen LogP contribution in [0.4, 0.5) is 5.69 Å². The summed E-state index contributed by atoms with van der Waals surface area (Å²) in [5.41, 5.74) is 2.76. The van der Waals surface area contributed by atoms with Crippen LogP contribution >= 0.6 is 0 Å².